The minimum absolute atomic E-state index is 0.179. The van der Waals surface area contributed by atoms with Gasteiger partial charge in [0.25, 0.3) is 0 Å². The van der Waals surface area contributed by atoms with Crippen molar-refractivity contribution in [2.75, 3.05) is 5.73 Å². The highest BCUT2D eigenvalue weighted by Crippen LogP contribution is 2.21. The molecule has 0 amide bonds. The highest BCUT2D eigenvalue weighted by molar-refractivity contribution is 5.68. The molecule has 1 aromatic rings. The number of aliphatic carboxylic acids is 1. The molecule has 0 radical (unpaired) electrons. The highest BCUT2D eigenvalue weighted by atomic mass is 19.1. The molecular weight excluding hydrogens is 187 g/mol. The van der Waals surface area contributed by atoms with Gasteiger partial charge in [-0.1, -0.05) is 6.07 Å². The van der Waals surface area contributed by atoms with Gasteiger partial charge in [-0.3, -0.25) is 4.79 Å². The predicted molar refractivity (Wildman–Crippen MR) is 50.0 cm³/mol. The molecule has 0 bridgehead atoms. The zero-order valence-electron chi connectivity index (χ0n) is 7.40. The first-order valence-electron chi connectivity index (χ1n) is 4.03. The van der Waals surface area contributed by atoms with Crippen LogP contribution in [0.25, 0.3) is 0 Å². The van der Waals surface area contributed by atoms with Crippen molar-refractivity contribution in [3.8, 4) is 0 Å². The molecule has 5 N–H and O–H groups in total. The largest absolute Gasteiger partial charge is 0.481 e. The van der Waals surface area contributed by atoms with Crippen molar-refractivity contribution >= 4 is 11.7 Å². The van der Waals surface area contributed by atoms with Gasteiger partial charge in [-0.2, -0.15) is 0 Å². The van der Waals surface area contributed by atoms with E-state index >= 15 is 0 Å². The van der Waals surface area contributed by atoms with Crippen LogP contribution < -0.4 is 11.5 Å². The molecule has 0 aliphatic rings. The smallest absolute Gasteiger partial charge is 0.305 e. The molecule has 0 aromatic heterocycles. The molecule has 0 fully saturated rings. The van der Waals surface area contributed by atoms with Crippen LogP contribution in [0.1, 0.15) is 18.0 Å². The van der Waals surface area contributed by atoms with Crippen LogP contribution >= 0.6 is 0 Å². The Bertz CT molecular complexity index is 355. The standard InChI is InChI=1S/C9H11FN2O2/c10-5-1-2-6(7(11)3-5)8(12)4-9(13)14/h1-3,8H,4,11-12H2,(H,13,14)/t8-/m0/s1. The maximum atomic E-state index is 12.6. The summed E-state index contributed by atoms with van der Waals surface area (Å²) < 4.78 is 12.6. The first-order valence-corrected chi connectivity index (χ1v) is 4.03. The van der Waals surface area contributed by atoms with Crippen LogP contribution in [0, 0.1) is 5.82 Å². The van der Waals surface area contributed by atoms with Gasteiger partial charge in [0.15, 0.2) is 0 Å². The van der Waals surface area contributed by atoms with E-state index in [2.05, 4.69) is 0 Å². The van der Waals surface area contributed by atoms with Crippen LogP contribution in [0.15, 0.2) is 18.2 Å². The number of hydrogen-bond acceptors (Lipinski definition) is 3. The molecule has 5 heteroatoms. The molecule has 1 aromatic carbocycles. The number of rotatable bonds is 3. The third-order valence-electron chi connectivity index (χ3n) is 1.84. The van der Waals surface area contributed by atoms with E-state index in [-0.39, 0.29) is 12.1 Å². The summed E-state index contributed by atoms with van der Waals surface area (Å²) in [7, 11) is 0. The van der Waals surface area contributed by atoms with Gasteiger partial charge < -0.3 is 16.6 Å². The van der Waals surface area contributed by atoms with Gasteiger partial charge in [0.05, 0.1) is 6.42 Å². The second-order valence-corrected chi connectivity index (χ2v) is 2.98. The Morgan fingerprint density at radius 3 is 2.71 bits per heavy atom. The molecule has 0 saturated heterocycles. The van der Waals surface area contributed by atoms with Crippen molar-refractivity contribution < 1.29 is 14.3 Å². The number of benzene rings is 1. The number of nitrogen functional groups attached to an aromatic ring is 1. The van der Waals surface area contributed by atoms with E-state index in [1.807, 2.05) is 0 Å². The van der Waals surface area contributed by atoms with Gasteiger partial charge in [0, 0.05) is 11.7 Å². The number of hydrogen-bond donors (Lipinski definition) is 3. The third-order valence-corrected chi connectivity index (χ3v) is 1.84. The monoisotopic (exact) mass is 198 g/mol. The minimum Gasteiger partial charge on any atom is -0.481 e. The van der Waals surface area contributed by atoms with Crippen LogP contribution in [-0.2, 0) is 4.79 Å². The Morgan fingerprint density at radius 1 is 1.57 bits per heavy atom. The predicted octanol–water partition coefficient (Wildman–Crippen LogP) is 0.882. The van der Waals surface area contributed by atoms with Crippen LogP contribution in [-0.4, -0.2) is 11.1 Å². The van der Waals surface area contributed by atoms with Crippen molar-refractivity contribution in [3.63, 3.8) is 0 Å². The zero-order chi connectivity index (χ0) is 10.7. The van der Waals surface area contributed by atoms with Crippen molar-refractivity contribution in [3.05, 3.63) is 29.6 Å². The lowest BCUT2D eigenvalue weighted by atomic mass is 10.0. The summed E-state index contributed by atoms with van der Waals surface area (Å²) in [5.41, 5.74) is 11.7. The molecule has 14 heavy (non-hydrogen) atoms. The van der Waals surface area contributed by atoms with E-state index in [0.717, 1.165) is 6.07 Å². The fourth-order valence-corrected chi connectivity index (χ4v) is 1.18. The summed E-state index contributed by atoms with van der Waals surface area (Å²) in [5, 5.41) is 8.50. The average Bonchev–Trinajstić information content (AvgIpc) is 2.01. The van der Waals surface area contributed by atoms with Crippen LogP contribution in [0.3, 0.4) is 0 Å². The van der Waals surface area contributed by atoms with Gasteiger partial charge in [-0.05, 0) is 17.7 Å². The van der Waals surface area contributed by atoms with Crippen molar-refractivity contribution in [1.29, 1.82) is 0 Å². The molecule has 0 aliphatic heterocycles. The Labute approximate surface area is 80.3 Å². The molecule has 0 aliphatic carbocycles. The number of carboxylic acids is 1. The van der Waals surface area contributed by atoms with E-state index in [4.69, 9.17) is 16.6 Å². The second kappa shape index (κ2) is 4.06. The molecule has 0 saturated carbocycles. The van der Waals surface area contributed by atoms with Gasteiger partial charge >= 0.3 is 5.97 Å². The molecule has 76 valence electrons. The summed E-state index contributed by atoms with van der Waals surface area (Å²) in [5.74, 6) is -1.48. The van der Waals surface area contributed by atoms with Crippen molar-refractivity contribution in [1.82, 2.24) is 0 Å². The van der Waals surface area contributed by atoms with E-state index in [1.165, 1.54) is 12.1 Å². The van der Waals surface area contributed by atoms with Crippen LogP contribution in [0.2, 0.25) is 0 Å². The molecule has 4 nitrogen and oxygen atoms in total. The van der Waals surface area contributed by atoms with Gasteiger partial charge in [0.2, 0.25) is 0 Å². The summed E-state index contributed by atoms with van der Waals surface area (Å²) in [6, 6.07) is 3.02. The Hall–Kier alpha value is -1.62. The van der Waals surface area contributed by atoms with Crippen molar-refractivity contribution in [2.24, 2.45) is 5.73 Å². The fourth-order valence-electron chi connectivity index (χ4n) is 1.18. The molecule has 1 rings (SSSR count). The topological polar surface area (TPSA) is 89.3 Å². The lowest BCUT2D eigenvalue weighted by Gasteiger charge is -2.11. The van der Waals surface area contributed by atoms with E-state index in [1.54, 1.807) is 0 Å². The number of carboxylic acid groups (broad SMARTS) is 1. The Balaban J connectivity index is 2.90. The van der Waals surface area contributed by atoms with Gasteiger partial charge in [-0.15, -0.1) is 0 Å². The van der Waals surface area contributed by atoms with Gasteiger partial charge in [0.1, 0.15) is 5.82 Å². The van der Waals surface area contributed by atoms with E-state index in [9.17, 15) is 9.18 Å². The molecule has 0 unspecified atom stereocenters. The molecule has 0 heterocycles. The first-order chi connectivity index (χ1) is 6.50. The average molecular weight is 198 g/mol. The van der Waals surface area contributed by atoms with E-state index in [0.29, 0.717) is 5.56 Å². The molecule has 1 atom stereocenters. The molecular formula is C9H11FN2O2. The summed E-state index contributed by atoms with van der Waals surface area (Å²) in [6.07, 6.45) is -0.226. The Morgan fingerprint density at radius 2 is 2.21 bits per heavy atom. The maximum absolute atomic E-state index is 12.6. The number of carbonyl (C=O) groups is 1. The number of halogens is 1. The SMILES string of the molecule is Nc1cc(F)ccc1[C@@H](N)CC(=O)O. The third kappa shape index (κ3) is 2.43. The zero-order valence-corrected chi connectivity index (χ0v) is 7.40. The summed E-state index contributed by atoms with van der Waals surface area (Å²) >= 11 is 0. The fraction of sp³-hybridized carbons (Fsp3) is 0.222. The van der Waals surface area contributed by atoms with Crippen LogP contribution in [0.4, 0.5) is 10.1 Å². The normalized spacial score (nSPS) is 12.4. The number of anilines is 1. The lowest BCUT2D eigenvalue weighted by molar-refractivity contribution is -0.137. The van der Waals surface area contributed by atoms with Crippen molar-refractivity contribution in [2.45, 2.75) is 12.5 Å². The van der Waals surface area contributed by atoms with Crippen LogP contribution in [0.5, 0.6) is 0 Å². The minimum atomic E-state index is -1.01. The molecule has 0 spiro atoms. The number of nitrogens with two attached hydrogens (primary N) is 2. The highest BCUT2D eigenvalue weighted by Gasteiger charge is 2.13. The second-order valence-electron chi connectivity index (χ2n) is 2.98. The maximum Gasteiger partial charge on any atom is 0.305 e. The van der Waals surface area contributed by atoms with E-state index < -0.39 is 17.8 Å². The Kier molecular flexibility index (Phi) is 3.03. The lowest BCUT2D eigenvalue weighted by Crippen LogP contribution is -2.16. The first kappa shape index (κ1) is 10.5. The quantitative estimate of drug-likeness (QED) is 0.629. The van der Waals surface area contributed by atoms with Gasteiger partial charge in [-0.25, -0.2) is 4.39 Å². The summed E-state index contributed by atoms with van der Waals surface area (Å²) in [4.78, 5) is 10.4. The summed E-state index contributed by atoms with van der Waals surface area (Å²) in [6.45, 7) is 0.